The van der Waals surface area contributed by atoms with E-state index in [1.54, 1.807) is 23.9 Å². The lowest BCUT2D eigenvalue weighted by atomic mass is 10.1. The van der Waals surface area contributed by atoms with Gasteiger partial charge in [0, 0.05) is 56.2 Å². The third-order valence-corrected chi connectivity index (χ3v) is 5.32. The average Bonchev–Trinajstić information content (AvgIpc) is 3.37. The van der Waals surface area contributed by atoms with Crippen LogP contribution in [0.4, 0.5) is 0 Å². The first-order valence-electron chi connectivity index (χ1n) is 8.72. The molecule has 1 amide bonds. The first-order chi connectivity index (χ1) is 12.8. The molecule has 1 aromatic carbocycles. The number of piperazine rings is 1. The Morgan fingerprint density at radius 2 is 1.92 bits per heavy atom. The fourth-order valence-electron chi connectivity index (χ4n) is 3.18. The van der Waals surface area contributed by atoms with Crippen LogP contribution in [-0.2, 0) is 17.8 Å². The van der Waals surface area contributed by atoms with Gasteiger partial charge in [0.15, 0.2) is 0 Å². The Balaban J connectivity index is 1.28. The van der Waals surface area contributed by atoms with Crippen LogP contribution >= 0.6 is 11.3 Å². The van der Waals surface area contributed by atoms with Crippen LogP contribution in [0.3, 0.4) is 0 Å². The molecule has 0 bridgehead atoms. The molecular formula is C19H21N5OS. The number of hydrogen-bond donors (Lipinski definition) is 0. The monoisotopic (exact) mass is 367 g/mol. The van der Waals surface area contributed by atoms with Crippen LogP contribution in [0.2, 0.25) is 0 Å². The molecule has 0 radical (unpaired) electrons. The van der Waals surface area contributed by atoms with Gasteiger partial charge in [-0.25, -0.2) is 9.97 Å². The van der Waals surface area contributed by atoms with Crippen molar-refractivity contribution < 1.29 is 4.79 Å². The summed E-state index contributed by atoms with van der Waals surface area (Å²) in [5.74, 6) is 0.202. The Morgan fingerprint density at radius 1 is 1.12 bits per heavy atom. The van der Waals surface area contributed by atoms with Crippen LogP contribution in [-0.4, -0.2) is 56.4 Å². The van der Waals surface area contributed by atoms with Crippen molar-refractivity contribution in [2.45, 2.75) is 13.0 Å². The molecule has 3 aromatic rings. The minimum absolute atomic E-state index is 0.202. The number of thiazole rings is 1. The van der Waals surface area contributed by atoms with Gasteiger partial charge in [-0.1, -0.05) is 12.1 Å². The van der Waals surface area contributed by atoms with Crippen LogP contribution in [0.5, 0.6) is 0 Å². The Hall–Kier alpha value is -2.51. The molecule has 7 heteroatoms. The summed E-state index contributed by atoms with van der Waals surface area (Å²) in [6.07, 6.45) is 5.89. The zero-order valence-electron chi connectivity index (χ0n) is 14.5. The summed E-state index contributed by atoms with van der Waals surface area (Å²) in [4.78, 5) is 25.3. The van der Waals surface area contributed by atoms with Crippen molar-refractivity contribution in [3.63, 3.8) is 0 Å². The van der Waals surface area contributed by atoms with Gasteiger partial charge in [0.2, 0.25) is 5.91 Å². The van der Waals surface area contributed by atoms with Crippen molar-refractivity contribution in [1.29, 1.82) is 0 Å². The number of benzene rings is 1. The first-order valence-corrected chi connectivity index (χ1v) is 9.67. The summed E-state index contributed by atoms with van der Waals surface area (Å²) in [6, 6.07) is 8.09. The molecule has 1 aliphatic rings. The minimum atomic E-state index is 0.202. The number of rotatable bonds is 5. The largest absolute Gasteiger partial charge is 0.340 e. The molecule has 3 heterocycles. The number of aromatic nitrogens is 3. The lowest BCUT2D eigenvalue weighted by Crippen LogP contribution is -2.48. The second-order valence-electron chi connectivity index (χ2n) is 6.45. The third-order valence-electron chi connectivity index (χ3n) is 4.69. The predicted molar refractivity (Wildman–Crippen MR) is 101 cm³/mol. The maximum absolute atomic E-state index is 12.6. The molecule has 0 saturated carbocycles. The van der Waals surface area contributed by atoms with E-state index in [9.17, 15) is 4.79 Å². The van der Waals surface area contributed by atoms with Gasteiger partial charge in [0.25, 0.3) is 0 Å². The SMILES string of the molecule is O=C(Cc1ccc(-n2ccnc2)cc1)N1CCN(Cc2cscn2)CC1. The topological polar surface area (TPSA) is 54.3 Å². The van der Waals surface area contributed by atoms with E-state index in [0.29, 0.717) is 6.42 Å². The fourth-order valence-corrected chi connectivity index (χ4v) is 3.73. The maximum Gasteiger partial charge on any atom is 0.227 e. The molecule has 0 unspecified atom stereocenters. The van der Waals surface area contributed by atoms with Crippen molar-refractivity contribution in [3.8, 4) is 5.69 Å². The lowest BCUT2D eigenvalue weighted by Gasteiger charge is -2.34. The molecule has 2 aromatic heterocycles. The van der Waals surface area contributed by atoms with Crippen LogP contribution in [0.1, 0.15) is 11.3 Å². The van der Waals surface area contributed by atoms with Gasteiger partial charge in [0.1, 0.15) is 0 Å². The summed E-state index contributed by atoms with van der Waals surface area (Å²) in [7, 11) is 0. The number of carbonyl (C=O) groups is 1. The summed E-state index contributed by atoms with van der Waals surface area (Å²) in [5, 5.41) is 2.09. The summed E-state index contributed by atoms with van der Waals surface area (Å²) in [5.41, 5.74) is 5.08. The maximum atomic E-state index is 12.6. The van der Waals surface area contributed by atoms with Crippen LogP contribution in [0, 0.1) is 0 Å². The van der Waals surface area contributed by atoms with E-state index < -0.39 is 0 Å². The first kappa shape index (κ1) is 16.9. The second-order valence-corrected chi connectivity index (χ2v) is 7.17. The van der Waals surface area contributed by atoms with E-state index in [1.807, 2.05) is 45.4 Å². The van der Waals surface area contributed by atoms with Gasteiger partial charge in [-0.05, 0) is 17.7 Å². The number of hydrogen-bond acceptors (Lipinski definition) is 5. The van der Waals surface area contributed by atoms with Crippen molar-refractivity contribution in [2.75, 3.05) is 26.2 Å². The molecule has 4 rings (SSSR count). The molecule has 1 aliphatic heterocycles. The van der Waals surface area contributed by atoms with Crippen LogP contribution < -0.4 is 0 Å². The standard InChI is InChI=1S/C19H21N5OS/c25-19(11-16-1-3-18(4-2-16)24-6-5-20-14-24)23-9-7-22(8-10-23)12-17-13-26-15-21-17/h1-6,13-15H,7-12H2. The minimum Gasteiger partial charge on any atom is -0.340 e. The number of imidazole rings is 1. The predicted octanol–water partition coefficient (Wildman–Crippen LogP) is 2.22. The van der Waals surface area contributed by atoms with Gasteiger partial charge in [0.05, 0.1) is 24.0 Å². The van der Waals surface area contributed by atoms with E-state index in [1.165, 1.54) is 0 Å². The highest BCUT2D eigenvalue weighted by atomic mass is 32.1. The van der Waals surface area contributed by atoms with Crippen molar-refractivity contribution in [1.82, 2.24) is 24.3 Å². The molecule has 1 saturated heterocycles. The lowest BCUT2D eigenvalue weighted by molar-refractivity contribution is -0.132. The van der Waals surface area contributed by atoms with E-state index in [0.717, 1.165) is 49.7 Å². The molecule has 0 N–H and O–H groups in total. The number of amides is 1. The zero-order chi connectivity index (χ0) is 17.8. The second kappa shape index (κ2) is 7.80. The summed E-state index contributed by atoms with van der Waals surface area (Å²) < 4.78 is 1.95. The zero-order valence-corrected chi connectivity index (χ0v) is 15.3. The molecule has 0 aliphatic carbocycles. The molecular weight excluding hydrogens is 346 g/mol. The molecule has 26 heavy (non-hydrogen) atoms. The van der Waals surface area contributed by atoms with Crippen molar-refractivity contribution in [2.24, 2.45) is 0 Å². The molecule has 0 atom stereocenters. The normalized spacial score (nSPS) is 15.3. The number of carbonyl (C=O) groups excluding carboxylic acids is 1. The smallest absolute Gasteiger partial charge is 0.227 e. The Morgan fingerprint density at radius 3 is 2.58 bits per heavy atom. The van der Waals surface area contributed by atoms with Gasteiger partial charge in [-0.15, -0.1) is 11.3 Å². The Labute approximate surface area is 156 Å². The van der Waals surface area contributed by atoms with Crippen LogP contribution in [0.15, 0.2) is 53.9 Å². The summed E-state index contributed by atoms with van der Waals surface area (Å²) >= 11 is 1.63. The van der Waals surface area contributed by atoms with Crippen molar-refractivity contribution >= 4 is 17.2 Å². The van der Waals surface area contributed by atoms with E-state index in [-0.39, 0.29) is 5.91 Å². The highest BCUT2D eigenvalue weighted by Crippen LogP contribution is 2.13. The van der Waals surface area contributed by atoms with E-state index in [4.69, 9.17) is 0 Å². The number of nitrogens with zero attached hydrogens (tertiary/aromatic N) is 5. The third kappa shape index (κ3) is 4.00. The van der Waals surface area contributed by atoms with Gasteiger partial charge < -0.3 is 9.47 Å². The fraction of sp³-hybridized carbons (Fsp3) is 0.316. The molecule has 134 valence electrons. The van der Waals surface area contributed by atoms with Gasteiger partial charge >= 0.3 is 0 Å². The molecule has 1 fully saturated rings. The molecule has 6 nitrogen and oxygen atoms in total. The average molecular weight is 367 g/mol. The highest BCUT2D eigenvalue weighted by Gasteiger charge is 2.21. The highest BCUT2D eigenvalue weighted by molar-refractivity contribution is 7.07. The Bertz CT molecular complexity index is 821. The molecule has 0 spiro atoms. The van der Waals surface area contributed by atoms with Gasteiger partial charge in [-0.2, -0.15) is 0 Å². The summed E-state index contributed by atoms with van der Waals surface area (Å²) in [6.45, 7) is 4.26. The van der Waals surface area contributed by atoms with E-state index in [2.05, 4.69) is 20.2 Å². The van der Waals surface area contributed by atoms with E-state index >= 15 is 0 Å². The van der Waals surface area contributed by atoms with Gasteiger partial charge in [-0.3, -0.25) is 9.69 Å². The van der Waals surface area contributed by atoms with Crippen molar-refractivity contribution in [3.05, 3.63) is 65.1 Å². The Kier molecular flexibility index (Phi) is 5.08. The quantitative estimate of drug-likeness (QED) is 0.694. The van der Waals surface area contributed by atoms with Crippen LogP contribution in [0.25, 0.3) is 5.69 Å².